The first kappa shape index (κ1) is 15.1. The largest absolute Gasteiger partial charge is 0.491 e. The molecular formula is C20H19N5O. The molecule has 3 heterocycles. The van der Waals surface area contributed by atoms with E-state index in [0.717, 1.165) is 41.9 Å². The van der Waals surface area contributed by atoms with Crippen LogP contribution >= 0.6 is 0 Å². The number of hydrogen-bond acceptors (Lipinski definition) is 5. The van der Waals surface area contributed by atoms with Crippen LogP contribution in [0.1, 0.15) is 12.8 Å². The summed E-state index contributed by atoms with van der Waals surface area (Å²) in [4.78, 5) is 18.4. The molecule has 1 aliphatic heterocycles. The highest BCUT2D eigenvalue weighted by molar-refractivity contribution is 5.88. The molecule has 0 amide bonds. The number of fused-ring (bicyclic) bond motifs is 2. The number of nitrogens with one attached hydrogen (secondary N) is 1. The maximum Gasteiger partial charge on any atom is 0.182 e. The summed E-state index contributed by atoms with van der Waals surface area (Å²) in [5.74, 6) is 1.85. The predicted molar refractivity (Wildman–Crippen MR) is 101 cm³/mol. The molecule has 1 fully saturated rings. The lowest BCUT2D eigenvalue weighted by Crippen LogP contribution is -2.35. The van der Waals surface area contributed by atoms with E-state index in [1.54, 1.807) is 12.7 Å². The van der Waals surface area contributed by atoms with Gasteiger partial charge in [0.15, 0.2) is 11.5 Å². The van der Waals surface area contributed by atoms with Gasteiger partial charge >= 0.3 is 0 Å². The van der Waals surface area contributed by atoms with E-state index in [1.807, 2.05) is 18.2 Å². The van der Waals surface area contributed by atoms with Gasteiger partial charge < -0.3 is 14.6 Å². The van der Waals surface area contributed by atoms with Gasteiger partial charge in [0.05, 0.1) is 12.4 Å². The number of H-pyrrole nitrogens is 1. The lowest BCUT2D eigenvalue weighted by atomic mass is 10.1. The van der Waals surface area contributed by atoms with Crippen LogP contribution in [0, 0.1) is 0 Å². The molecule has 5 rings (SSSR count). The topological polar surface area (TPSA) is 66.9 Å². The first-order chi connectivity index (χ1) is 12.9. The second-order valence-electron chi connectivity index (χ2n) is 6.58. The molecule has 0 radical (unpaired) electrons. The van der Waals surface area contributed by atoms with Gasteiger partial charge in [-0.1, -0.05) is 36.4 Å². The van der Waals surface area contributed by atoms with Gasteiger partial charge in [-0.25, -0.2) is 15.0 Å². The van der Waals surface area contributed by atoms with Crippen LogP contribution in [0.3, 0.4) is 0 Å². The molecule has 0 bridgehead atoms. The fraction of sp³-hybridized carbons (Fsp3) is 0.250. The number of nitrogens with zero attached hydrogens (tertiary/aromatic N) is 4. The Bertz CT molecular complexity index is 1050. The number of aromatic amines is 1. The third-order valence-corrected chi connectivity index (χ3v) is 5.03. The van der Waals surface area contributed by atoms with E-state index in [1.165, 1.54) is 5.39 Å². The molecule has 2 aromatic carbocycles. The fourth-order valence-electron chi connectivity index (χ4n) is 3.77. The Kier molecular flexibility index (Phi) is 3.66. The van der Waals surface area contributed by atoms with Crippen molar-refractivity contribution in [1.82, 2.24) is 19.9 Å². The van der Waals surface area contributed by atoms with Crippen molar-refractivity contribution in [2.45, 2.75) is 18.9 Å². The first-order valence-corrected chi connectivity index (χ1v) is 8.91. The van der Waals surface area contributed by atoms with Crippen LogP contribution in [0.2, 0.25) is 0 Å². The van der Waals surface area contributed by atoms with E-state index in [-0.39, 0.29) is 6.04 Å². The molecule has 0 unspecified atom stereocenters. The van der Waals surface area contributed by atoms with Gasteiger partial charge in [0.1, 0.15) is 24.2 Å². The van der Waals surface area contributed by atoms with Gasteiger partial charge in [-0.2, -0.15) is 0 Å². The van der Waals surface area contributed by atoms with Crippen LogP contribution in [-0.4, -0.2) is 39.1 Å². The molecule has 4 aromatic rings. The summed E-state index contributed by atoms with van der Waals surface area (Å²) in [6.07, 6.45) is 5.47. The van der Waals surface area contributed by atoms with E-state index in [0.29, 0.717) is 12.3 Å². The molecule has 130 valence electrons. The van der Waals surface area contributed by atoms with E-state index >= 15 is 0 Å². The highest BCUT2D eigenvalue weighted by atomic mass is 16.5. The van der Waals surface area contributed by atoms with Gasteiger partial charge in [0.2, 0.25) is 0 Å². The van der Waals surface area contributed by atoms with Crippen molar-refractivity contribution in [1.29, 1.82) is 0 Å². The summed E-state index contributed by atoms with van der Waals surface area (Å²) >= 11 is 0. The molecule has 0 aliphatic carbocycles. The van der Waals surface area contributed by atoms with Crippen LogP contribution in [0.15, 0.2) is 55.1 Å². The van der Waals surface area contributed by atoms with Crippen LogP contribution in [0.5, 0.6) is 5.75 Å². The SMILES string of the molecule is c1ccc2c(OC[C@H]3CCCN3c3ncnc4nc[nH]c34)cccc2c1. The lowest BCUT2D eigenvalue weighted by Gasteiger charge is -2.26. The molecule has 0 saturated carbocycles. The average Bonchev–Trinajstić information content (AvgIpc) is 3.35. The number of aromatic nitrogens is 4. The Hall–Kier alpha value is -3.15. The molecule has 6 heteroatoms. The van der Waals surface area contributed by atoms with Crippen LogP contribution in [0.4, 0.5) is 5.82 Å². The highest BCUT2D eigenvalue weighted by Crippen LogP contribution is 2.30. The van der Waals surface area contributed by atoms with E-state index in [9.17, 15) is 0 Å². The Morgan fingerprint density at radius 2 is 2.00 bits per heavy atom. The summed E-state index contributed by atoms with van der Waals surface area (Å²) in [5, 5.41) is 2.35. The molecule has 1 atom stereocenters. The Morgan fingerprint density at radius 1 is 1.08 bits per heavy atom. The molecule has 1 aliphatic rings. The van der Waals surface area contributed by atoms with E-state index < -0.39 is 0 Å². The number of imidazole rings is 1. The Balaban J connectivity index is 1.40. The second-order valence-corrected chi connectivity index (χ2v) is 6.58. The van der Waals surface area contributed by atoms with Gasteiger partial charge in [0.25, 0.3) is 0 Å². The first-order valence-electron chi connectivity index (χ1n) is 8.91. The zero-order valence-corrected chi connectivity index (χ0v) is 14.3. The molecule has 0 spiro atoms. The second kappa shape index (κ2) is 6.29. The maximum absolute atomic E-state index is 6.24. The van der Waals surface area contributed by atoms with E-state index in [4.69, 9.17) is 4.74 Å². The van der Waals surface area contributed by atoms with Crippen molar-refractivity contribution in [2.24, 2.45) is 0 Å². The number of rotatable bonds is 4. The van der Waals surface area contributed by atoms with Crippen LogP contribution in [-0.2, 0) is 0 Å². The summed E-state index contributed by atoms with van der Waals surface area (Å²) in [6, 6.07) is 14.8. The molecule has 2 aromatic heterocycles. The summed E-state index contributed by atoms with van der Waals surface area (Å²) < 4.78 is 6.24. The smallest absolute Gasteiger partial charge is 0.182 e. The number of anilines is 1. The van der Waals surface area contributed by atoms with Crippen molar-refractivity contribution in [2.75, 3.05) is 18.1 Å². The minimum Gasteiger partial charge on any atom is -0.491 e. The van der Waals surface area contributed by atoms with Gasteiger partial charge in [-0.15, -0.1) is 0 Å². The van der Waals surface area contributed by atoms with Crippen molar-refractivity contribution in [3.05, 3.63) is 55.1 Å². The summed E-state index contributed by atoms with van der Waals surface area (Å²) in [7, 11) is 0. The minimum absolute atomic E-state index is 0.287. The Labute approximate surface area is 150 Å². The van der Waals surface area contributed by atoms with Crippen LogP contribution < -0.4 is 9.64 Å². The number of ether oxygens (including phenoxy) is 1. The third kappa shape index (κ3) is 2.54. The van der Waals surface area contributed by atoms with Crippen molar-refractivity contribution >= 4 is 27.8 Å². The predicted octanol–water partition coefficient (Wildman–Crippen LogP) is 3.55. The van der Waals surface area contributed by atoms with Crippen molar-refractivity contribution in [3.63, 3.8) is 0 Å². The standard InChI is InChI=1S/C20H19N5O/c1-2-8-16-14(5-1)6-3-9-17(16)26-11-15-7-4-10-25(15)20-18-19(22-12-21-18)23-13-24-20/h1-3,5-6,8-9,12-13,15H,4,7,10-11H2,(H,21,22,23,24)/t15-/m1/s1. The van der Waals surface area contributed by atoms with Gasteiger partial charge in [-0.05, 0) is 24.3 Å². The zero-order valence-electron chi connectivity index (χ0n) is 14.3. The van der Waals surface area contributed by atoms with Gasteiger partial charge in [0, 0.05) is 11.9 Å². The van der Waals surface area contributed by atoms with Crippen molar-refractivity contribution in [3.8, 4) is 5.75 Å². The van der Waals surface area contributed by atoms with Crippen molar-refractivity contribution < 1.29 is 4.74 Å². The molecule has 26 heavy (non-hydrogen) atoms. The average molecular weight is 345 g/mol. The third-order valence-electron chi connectivity index (χ3n) is 5.03. The van der Waals surface area contributed by atoms with Crippen LogP contribution in [0.25, 0.3) is 21.9 Å². The quantitative estimate of drug-likeness (QED) is 0.613. The van der Waals surface area contributed by atoms with Gasteiger partial charge in [-0.3, -0.25) is 0 Å². The highest BCUT2D eigenvalue weighted by Gasteiger charge is 2.28. The maximum atomic E-state index is 6.24. The number of benzene rings is 2. The Morgan fingerprint density at radius 3 is 3.00 bits per heavy atom. The molecule has 1 N–H and O–H groups in total. The minimum atomic E-state index is 0.287. The normalized spacial score (nSPS) is 17.2. The lowest BCUT2D eigenvalue weighted by molar-refractivity contribution is 0.291. The number of hydrogen-bond donors (Lipinski definition) is 1. The summed E-state index contributed by atoms with van der Waals surface area (Å²) in [6.45, 7) is 1.60. The molecule has 6 nitrogen and oxygen atoms in total. The molecule has 1 saturated heterocycles. The zero-order chi connectivity index (χ0) is 17.3. The summed E-state index contributed by atoms with van der Waals surface area (Å²) in [5.41, 5.74) is 1.60. The van der Waals surface area contributed by atoms with E-state index in [2.05, 4.69) is 49.1 Å². The fourth-order valence-corrected chi connectivity index (χ4v) is 3.77. The monoisotopic (exact) mass is 345 g/mol. The molecular weight excluding hydrogens is 326 g/mol.